The molecule has 0 fully saturated rings. The van der Waals surface area contributed by atoms with Crippen LogP contribution >= 0.6 is 27.5 Å². The lowest BCUT2D eigenvalue weighted by atomic mass is 10.1. The van der Waals surface area contributed by atoms with Crippen molar-refractivity contribution in [2.24, 2.45) is 0 Å². The Morgan fingerprint density at radius 1 is 1.18 bits per heavy atom. The number of hydrogen-bond donors (Lipinski definition) is 3. The highest BCUT2D eigenvalue weighted by Crippen LogP contribution is 2.34. The summed E-state index contributed by atoms with van der Waals surface area (Å²) in [6, 6.07) is 12.3. The molecule has 4 aromatic rings. The zero-order valence-corrected chi connectivity index (χ0v) is 19.8. The number of aromatic nitrogens is 2. The molecule has 3 N–H and O–H groups in total. The number of benzene rings is 3. The molecule has 0 saturated heterocycles. The first-order valence-corrected chi connectivity index (χ1v) is 11.2. The highest BCUT2D eigenvalue weighted by molar-refractivity contribution is 9.10. The number of rotatable bonds is 8. The van der Waals surface area contributed by atoms with Gasteiger partial charge in [-0.05, 0) is 42.0 Å². The van der Waals surface area contributed by atoms with Gasteiger partial charge in [0.1, 0.15) is 11.3 Å². The van der Waals surface area contributed by atoms with Gasteiger partial charge >= 0.3 is 0 Å². The van der Waals surface area contributed by atoms with Crippen LogP contribution < -0.4 is 10.8 Å². The lowest BCUT2D eigenvalue weighted by molar-refractivity contribution is 0.0169. The normalized spacial score (nSPS) is 11.1. The van der Waals surface area contributed by atoms with E-state index in [0.717, 1.165) is 10.0 Å². The van der Waals surface area contributed by atoms with Crippen LogP contribution in [0.25, 0.3) is 11.0 Å². The maximum Gasteiger partial charge on any atom is 0.277 e. The molecule has 1 amide bonds. The number of halogens is 4. The fraction of sp³-hybridized carbons (Fsp3) is 0.130. The number of aliphatic hydroxyl groups is 1. The van der Waals surface area contributed by atoms with Crippen molar-refractivity contribution in [1.29, 1.82) is 0 Å². The van der Waals surface area contributed by atoms with Crippen molar-refractivity contribution in [2.75, 3.05) is 18.5 Å². The summed E-state index contributed by atoms with van der Waals surface area (Å²) in [5, 5.41) is 12.1. The van der Waals surface area contributed by atoms with Crippen LogP contribution in [0.1, 0.15) is 15.9 Å². The van der Waals surface area contributed by atoms with Crippen LogP contribution in [0.5, 0.6) is 0 Å². The van der Waals surface area contributed by atoms with E-state index in [2.05, 4.69) is 31.7 Å². The number of carbonyl (C=O) groups excluding carboxylic acids is 1. The van der Waals surface area contributed by atoms with E-state index in [-0.39, 0.29) is 42.3 Å². The fourth-order valence-corrected chi connectivity index (χ4v) is 4.03. The maximum atomic E-state index is 15.7. The number of carbonyl (C=O) groups is 1. The predicted molar refractivity (Wildman–Crippen MR) is 128 cm³/mol. The molecule has 0 saturated carbocycles. The van der Waals surface area contributed by atoms with Crippen LogP contribution in [0.2, 0.25) is 5.02 Å². The van der Waals surface area contributed by atoms with Crippen LogP contribution in [0.15, 0.2) is 59.3 Å². The summed E-state index contributed by atoms with van der Waals surface area (Å²) < 4.78 is 31.3. The Balaban J connectivity index is 1.79. The molecule has 0 spiro atoms. The Labute approximate surface area is 206 Å². The smallest absolute Gasteiger partial charge is 0.277 e. The van der Waals surface area contributed by atoms with Gasteiger partial charge in [0.2, 0.25) is 0 Å². The first-order valence-electron chi connectivity index (χ1n) is 10.0. The summed E-state index contributed by atoms with van der Waals surface area (Å²) in [5.74, 6) is -1.87. The topological polar surface area (TPSA) is 88.4 Å². The quantitative estimate of drug-likeness (QED) is 0.208. The number of amides is 1. The number of imidazole rings is 1. The van der Waals surface area contributed by atoms with Gasteiger partial charge < -0.3 is 15.0 Å². The molecule has 7 nitrogen and oxygen atoms in total. The molecule has 4 rings (SSSR count). The second-order valence-electron chi connectivity index (χ2n) is 7.23. The van der Waals surface area contributed by atoms with E-state index in [4.69, 9.17) is 21.5 Å². The number of hydroxylamine groups is 1. The van der Waals surface area contributed by atoms with Crippen LogP contribution in [0.3, 0.4) is 0 Å². The number of nitrogens with zero attached hydrogens (tertiary/aromatic N) is 2. The maximum absolute atomic E-state index is 15.7. The molecule has 0 aliphatic rings. The summed E-state index contributed by atoms with van der Waals surface area (Å²) in [7, 11) is 0. The molecule has 0 aliphatic heterocycles. The van der Waals surface area contributed by atoms with Crippen LogP contribution in [-0.4, -0.2) is 33.8 Å². The molecule has 34 heavy (non-hydrogen) atoms. The van der Waals surface area contributed by atoms with Crippen molar-refractivity contribution in [3.05, 3.63) is 87.1 Å². The number of hydrogen-bond acceptors (Lipinski definition) is 5. The van der Waals surface area contributed by atoms with Gasteiger partial charge in [-0.1, -0.05) is 39.7 Å². The Morgan fingerprint density at radius 3 is 2.65 bits per heavy atom. The third kappa shape index (κ3) is 5.20. The Hall–Kier alpha value is -3.05. The van der Waals surface area contributed by atoms with Crippen molar-refractivity contribution < 1.29 is 23.5 Å². The summed E-state index contributed by atoms with van der Waals surface area (Å²) in [4.78, 5) is 22.0. The van der Waals surface area contributed by atoms with Gasteiger partial charge in [-0.3, -0.25) is 9.63 Å². The van der Waals surface area contributed by atoms with E-state index in [0.29, 0.717) is 16.2 Å². The summed E-state index contributed by atoms with van der Waals surface area (Å²) in [6.45, 7) is -0.165. The Bertz CT molecular complexity index is 1350. The van der Waals surface area contributed by atoms with Gasteiger partial charge in [-0.25, -0.2) is 19.2 Å². The molecule has 0 atom stereocenters. The Kier molecular flexibility index (Phi) is 7.42. The summed E-state index contributed by atoms with van der Waals surface area (Å²) in [6.07, 6.45) is 1.44. The molecule has 1 heterocycles. The number of fused-ring (bicyclic) bond motifs is 1. The summed E-state index contributed by atoms with van der Waals surface area (Å²) >= 11 is 9.59. The largest absolute Gasteiger partial charge is 0.394 e. The van der Waals surface area contributed by atoms with Gasteiger partial charge in [0, 0.05) is 11.0 Å². The SMILES string of the molecule is O=C(NOCCO)c1cc2c(ncn2Cc2ccc(F)cc2)c(F)c1Nc1ccc(Br)cc1Cl. The molecule has 3 aromatic carbocycles. The lowest BCUT2D eigenvalue weighted by Crippen LogP contribution is -2.26. The van der Waals surface area contributed by atoms with Crippen molar-refractivity contribution in [1.82, 2.24) is 15.0 Å². The monoisotopic (exact) mass is 550 g/mol. The van der Waals surface area contributed by atoms with Gasteiger partial charge in [0.05, 0.1) is 47.0 Å². The van der Waals surface area contributed by atoms with Gasteiger partial charge in [-0.15, -0.1) is 0 Å². The minimum Gasteiger partial charge on any atom is -0.394 e. The highest BCUT2D eigenvalue weighted by atomic mass is 79.9. The predicted octanol–water partition coefficient (Wildman–Crippen LogP) is 5.18. The third-order valence-electron chi connectivity index (χ3n) is 4.92. The van der Waals surface area contributed by atoms with Gasteiger partial charge in [0.25, 0.3) is 5.91 Å². The van der Waals surface area contributed by atoms with E-state index >= 15 is 4.39 Å². The molecular formula is C23H18BrClF2N4O3. The van der Waals surface area contributed by atoms with Crippen molar-refractivity contribution >= 4 is 55.8 Å². The van der Waals surface area contributed by atoms with Crippen LogP contribution in [0, 0.1) is 11.6 Å². The molecular weight excluding hydrogens is 534 g/mol. The molecule has 0 aliphatic carbocycles. The van der Waals surface area contributed by atoms with Crippen LogP contribution in [0.4, 0.5) is 20.2 Å². The summed E-state index contributed by atoms with van der Waals surface area (Å²) in [5.41, 5.74) is 3.50. The van der Waals surface area contributed by atoms with E-state index in [1.807, 2.05) is 0 Å². The van der Waals surface area contributed by atoms with E-state index in [9.17, 15) is 9.18 Å². The average molecular weight is 552 g/mol. The number of aliphatic hydroxyl groups excluding tert-OH is 1. The van der Waals surface area contributed by atoms with Gasteiger partial charge in [-0.2, -0.15) is 0 Å². The number of nitrogens with one attached hydrogen (secondary N) is 2. The second kappa shape index (κ2) is 10.5. The minimum atomic E-state index is -0.762. The number of anilines is 2. The third-order valence-corrected chi connectivity index (χ3v) is 5.72. The molecule has 176 valence electrons. The fourth-order valence-electron chi connectivity index (χ4n) is 3.31. The van der Waals surface area contributed by atoms with Crippen molar-refractivity contribution in [3.8, 4) is 0 Å². The van der Waals surface area contributed by atoms with Crippen molar-refractivity contribution in [3.63, 3.8) is 0 Å². The first kappa shape index (κ1) is 24.1. The second-order valence-corrected chi connectivity index (χ2v) is 8.56. The average Bonchev–Trinajstić information content (AvgIpc) is 3.21. The lowest BCUT2D eigenvalue weighted by Gasteiger charge is -2.15. The highest BCUT2D eigenvalue weighted by Gasteiger charge is 2.23. The van der Waals surface area contributed by atoms with E-state index in [1.54, 1.807) is 34.9 Å². The van der Waals surface area contributed by atoms with Crippen LogP contribution in [-0.2, 0) is 11.4 Å². The van der Waals surface area contributed by atoms with E-state index < -0.39 is 11.7 Å². The zero-order chi connectivity index (χ0) is 24.2. The zero-order valence-electron chi connectivity index (χ0n) is 17.5. The first-order chi connectivity index (χ1) is 16.4. The van der Waals surface area contributed by atoms with E-state index in [1.165, 1.54) is 24.5 Å². The molecule has 1 aromatic heterocycles. The van der Waals surface area contributed by atoms with Crippen molar-refractivity contribution in [2.45, 2.75) is 6.54 Å². The standard InChI is InChI=1S/C23H18BrClF2N4O3/c24-14-3-6-18(17(25)9-14)29-21-16(23(33)30-34-8-7-32)10-19-22(20(21)27)28-12-31(19)11-13-1-4-15(26)5-2-13/h1-6,9-10,12,29,32H,7-8,11H2,(H,30,33). The Morgan fingerprint density at radius 2 is 1.94 bits per heavy atom. The molecule has 0 unspecified atom stereocenters. The molecule has 0 bridgehead atoms. The molecule has 0 radical (unpaired) electrons. The minimum absolute atomic E-state index is 0.0330. The van der Waals surface area contributed by atoms with Gasteiger partial charge in [0.15, 0.2) is 5.82 Å². The molecule has 11 heteroatoms.